The van der Waals surface area contributed by atoms with Gasteiger partial charge >= 0.3 is 5.69 Å². The third kappa shape index (κ3) is 3.12. The number of benzene rings is 1. The van der Waals surface area contributed by atoms with Crippen molar-refractivity contribution in [1.82, 2.24) is 5.32 Å². The van der Waals surface area contributed by atoms with Gasteiger partial charge in [-0.3, -0.25) is 10.1 Å². The Hall–Kier alpha value is -1.37. The van der Waals surface area contributed by atoms with Gasteiger partial charge in [0, 0.05) is 23.6 Å². The van der Waals surface area contributed by atoms with Crippen LogP contribution in [0.4, 0.5) is 5.69 Å². The van der Waals surface area contributed by atoms with E-state index in [4.69, 9.17) is 21.1 Å². The summed E-state index contributed by atoms with van der Waals surface area (Å²) in [4.78, 5) is 10.6. The Balaban J connectivity index is 1.73. The molecule has 2 aliphatic heterocycles. The molecular weight excluding hydrogens is 296 g/mol. The summed E-state index contributed by atoms with van der Waals surface area (Å²) >= 11 is 5.91. The van der Waals surface area contributed by atoms with E-state index in [-0.39, 0.29) is 23.1 Å². The standard InChI is InChI=1S/C14H17ClN2O4/c15-10-1-2-12(17(18)19)13(7-10)21-11-8-14(20-9-11)3-5-16-6-4-14/h1-2,7,11,16H,3-6,8-9H2. The van der Waals surface area contributed by atoms with Crippen LogP contribution in [0.1, 0.15) is 19.3 Å². The van der Waals surface area contributed by atoms with Crippen LogP contribution in [0.3, 0.4) is 0 Å². The first-order valence-corrected chi connectivity index (χ1v) is 7.41. The van der Waals surface area contributed by atoms with Crippen molar-refractivity contribution >= 4 is 17.3 Å². The summed E-state index contributed by atoms with van der Waals surface area (Å²) in [6.45, 7) is 2.33. The number of halogens is 1. The summed E-state index contributed by atoms with van der Waals surface area (Å²) in [5, 5.41) is 14.8. The maximum Gasteiger partial charge on any atom is 0.311 e. The van der Waals surface area contributed by atoms with E-state index in [1.165, 1.54) is 18.2 Å². The van der Waals surface area contributed by atoms with Crippen molar-refractivity contribution < 1.29 is 14.4 Å². The Morgan fingerprint density at radius 3 is 2.90 bits per heavy atom. The SMILES string of the molecule is O=[N+]([O-])c1ccc(Cl)cc1OC1COC2(CCNCC2)C1. The van der Waals surface area contributed by atoms with Gasteiger partial charge in [0.1, 0.15) is 6.10 Å². The van der Waals surface area contributed by atoms with E-state index in [0.29, 0.717) is 11.6 Å². The van der Waals surface area contributed by atoms with Gasteiger partial charge in [0.25, 0.3) is 0 Å². The van der Waals surface area contributed by atoms with Crippen molar-refractivity contribution in [2.45, 2.75) is 31.0 Å². The fraction of sp³-hybridized carbons (Fsp3) is 0.571. The van der Waals surface area contributed by atoms with Crippen LogP contribution in [0.15, 0.2) is 18.2 Å². The van der Waals surface area contributed by atoms with Crippen molar-refractivity contribution in [2.75, 3.05) is 19.7 Å². The first kappa shape index (κ1) is 14.6. The number of nitro benzene ring substituents is 1. The molecule has 2 saturated heterocycles. The molecule has 114 valence electrons. The Morgan fingerprint density at radius 1 is 1.43 bits per heavy atom. The van der Waals surface area contributed by atoms with Crippen LogP contribution < -0.4 is 10.1 Å². The third-order valence-corrected chi connectivity index (χ3v) is 4.34. The predicted molar refractivity (Wildman–Crippen MR) is 77.9 cm³/mol. The molecule has 0 saturated carbocycles. The van der Waals surface area contributed by atoms with E-state index in [9.17, 15) is 10.1 Å². The van der Waals surface area contributed by atoms with Crippen LogP contribution >= 0.6 is 11.6 Å². The molecule has 6 nitrogen and oxygen atoms in total. The number of nitrogens with one attached hydrogen (secondary N) is 1. The van der Waals surface area contributed by atoms with Gasteiger partial charge in [-0.25, -0.2) is 0 Å². The number of nitro groups is 1. The number of piperidine rings is 1. The van der Waals surface area contributed by atoms with Crippen molar-refractivity contribution in [3.05, 3.63) is 33.3 Å². The Morgan fingerprint density at radius 2 is 2.19 bits per heavy atom. The zero-order valence-electron chi connectivity index (χ0n) is 11.5. The average molecular weight is 313 g/mol. The van der Waals surface area contributed by atoms with Gasteiger partial charge < -0.3 is 14.8 Å². The highest BCUT2D eigenvalue weighted by molar-refractivity contribution is 6.30. The minimum atomic E-state index is -0.457. The fourth-order valence-corrected chi connectivity index (χ4v) is 3.18. The zero-order chi connectivity index (χ0) is 14.9. The maximum atomic E-state index is 11.0. The summed E-state index contributed by atoms with van der Waals surface area (Å²) in [5.41, 5.74) is -0.200. The third-order valence-electron chi connectivity index (χ3n) is 4.10. The summed E-state index contributed by atoms with van der Waals surface area (Å²) in [5.74, 6) is 0.215. The number of nitrogens with zero attached hydrogens (tertiary/aromatic N) is 1. The van der Waals surface area contributed by atoms with E-state index in [2.05, 4.69) is 5.32 Å². The van der Waals surface area contributed by atoms with Gasteiger partial charge in [-0.15, -0.1) is 0 Å². The molecule has 1 N–H and O–H groups in total. The van der Waals surface area contributed by atoms with Crippen molar-refractivity contribution in [2.24, 2.45) is 0 Å². The van der Waals surface area contributed by atoms with E-state index >= 15 is 0 Å². The van der Waals surface area contributed by atoms with Crippen LogP contribution in [0.25, 0.3) is 0 Å². The van der Waals surface area contributed by atoms with Crippen LogP contribution in [-0.4, -0.2) is 36.3 Å². The monoisotopic (exact) mass is 312 g/mol. The summed E-state index contributed by atoms with van der Waals surface area (Å²) < 4.78 is 11.7. The predicted octanol–water partition coefficient (Wildman–Crippen LogP) is 2.54. The first-order valence-electron chi connectivity index (χ1n) is 7.03. The van der Waals surface area contributed by atoms with Crippen molar-refractivity contribution in [3.8, 4) is 5.75 Å². The molecule has 1 aromatic rings. The molecule has 2 fully saturated rings. The summed E-state index contributed by atoms with van der Waals surface area (Å²) in [7, 11) is 0. The second-order valence-electron chi connectivity index (χ2n) is 5.56. The molecule has 0 radical (unpaired) electrons. The highest BCUT2D eigenvalue weighted by atomic mass is 35.5. The van der Waals surface area contributed by atoms with Gasteiger partial charge in [0.05, 0.1) is 17.1 Å². The second kappa shape index (κ2) is 5.79. The molecule has 21 heavy (non-hydrogen) atoms. The number of ether oxygens (including phenoxy) is 2. The smallest absolute Gasteiger partial charge is 0.311 e. The minimum Gasteiger partial charge on any atom is -0.481 e. The van der Waals surface area contributed by atoms with E-state index < -0.39 is 4.92 Å². The molecular formula is C14H17ClN2O4. The quantitative estimate of drug-likeness (QED) is 0.686. The largest absolute Gasteiger partial charge is 0.481 e. The summed E-state index contributed by atoms with van der Waals surface area (Å²) in [6, 6.07) is 4.35. The summed E-state index contributed by atoms with van der Waals surface area (Å²) in [6.07, 6.45) is 2.49. The van der Waals surface area contributed by atoms with Crippen LogP contribution in [-0.2, 0) is 4.74 Å². The van der Waals surface area contributed by atoms with Gasteiger partial charge in [-0.05, 0) is 32.0 Å². The normalized spacial score (nSPS) is 24.1. The fourth-order valence-electron chi connectivity index (χ4n) is 3.02. The van der Waals surface area contributed by atoms with Gasteiger partial charge in [0.15, 0.2) is 5.75 Å². The van der Waals surface area contributed by atoms with E-state index in [1.54, 1.807) is 0 Å². The van der Waals surface area contributed by atoms with Crippen LogP contribution in [0.2, 0.25) is 5.02 Å². The average Bonchev–Trinajstić information content (AvgIpc) is 2.82. The lowest BCUT2D eigenvalue weighted by Crippen LogP contribution is -2.41. The molecule has 7 heteroatoms. The molecule has 2 aliphatic rings. The molecule has 1 spiro atoms. The molecule has 1 unspecified atom stereocenters. The van der Waals surface area contributed by atoms with Gasteiger partial charge in [-0.2, -0.15) is 0 Å². The maximum absolute atomic E-state index is 11.0. The minimum absolute atomic E-state index is 0.0642. The lowest BCUT2D eigenvalue weighted by molar-refractivity contribution is -0.386. The van der Waals surface area contributed by atoms with Crippen molar-refractivity contribution in [1.29, 1.82) is 0 Å². The number of rotatable bonds is 3. The topological polar surface area (TPSA) is 73.6 Å². The van der Waals surface area contributed by atoms with Gasteiger partial charge in [0.2, 0.25) is 0 Å². The molecule has 2 heterocycles. The Bertz CT molecular complexity index is 546. The second-order valence-corrected chi connectivity index (χ2v) is 5.99. The molecule has 0 aliphatic carbocycles. The van der Waals surface area contributed by atoms with E-state index in [0.717, 1.165) is 32.4 Å². The van der Waals surface area contributed by atoms with Crippen LogP contribution in [0, 0.1) is 10.1 Å². The lowest BCUT2D eigenvalue weighted by atomic mass is 9.89. The van der Waals surface area contributed by atoms with Gasteiger partial charge in [-0.1, -0.05) is 11.6 Å². The first-order chi connectivity index (χ1) is 10.1. The Labute approximate surface area is 127 Å². The number of hydrogen-bond acceptors (Lipinski definition) is 5. The molecule has 0 bridgehead atoms. The zero-order valence-corrected chi connectivity index (χ0v) is 12.3. The highest BCUT2D eigenvalue weighted by Crippen LogP contribution is 2.38. The Kier molecular flexibility index (Phi) is 4.01. The molecule has 3 rings (SSSR count). The highest BCUT2D eigenvalue weighted by Gasteiger charge is 2.42. The number of hydrogen-bond donors (Lipinski definition) is 1. The lowest BCUT2D eigenvalue weighted by Gasteiger charge is -2.32. The molecule has 1 aromatic carbocycles. The molecule has 0 amide bonds. The van der Waals surface area contributed by atoms with E-state index in [1.807, 2.05) is 0 Å². The molecule has 1 atom stereocenters. The molecule has 0 aromatic heterocycles. The van der Waals surface area contributed by atoms with Crippen molar-refractivity contribution in [3.63, 3.8) is 0 Å². The van der Waals surface area contributed by atoms with Crippen LogP contribution in [0.5, 0.6) is 5.75 Å².